The lowest BCUT2D eigenvalue weighted by Gasteiger charge is -2.00. The van der Waals surface area contributed by atoms with Gasteiger partial charge in [0.25, 0.3) is 0 Å². The van der Waals surface area contributed by atoms with Gasteiger partial charge in [-0.05, 0) is 19.3 Å². The Labute approximate surface area is 88.9 Å². The fraction of sp³-hybridized carbons (Fsp3) is 1.00. The molecule has 80 valence electrons. The Morgan fingerprint density at radius 1 is 0.769 bits per heavy atom. The van der Waals surface area contributed by atoms with Crippen LogP contribution in [-0.2, 0) is 4.18 Å². The van der Waals surface area contributed by atoms with Crippen molar-refractivity contribution in [2.75, 3.05) is 6.61 Å². The summed E-state index contributed by atoms with van der Waals surface area (Å²) in [7, 11) is 0. The molecular weight excluding hydrogens is 180 g/mol. The van der Waals surface area contributed by atoms with E-state index in [9.17, 15) is 0 Å². The average molecular weight is 204 g/mol. The van der Waals surface area contributed by atoms with Crippen LogP contribution in [0, 0.1) is 0 Å². The lowest BCUT2D eigenvalue weighted by molar-refractivity contribution is 0.361. The number of hydrogen-bond donors (Lipinski definition) is 1. The summed E-state index contributed by atoms with van der Waals surface area (Å²) in [4.78, 5) is 0. The minimum atomic E-state index is 0.805. The van der Waals surface area contributed by atoms with Crippen molar-refractivity contribution in [2.45, 2.75) is 64.7 Å². The second-order valence-corrected chi connectivity index (χ2v) is 3.92. The third-order valence-electron chi connectivity index (χ3n) is 2.34. The molecule has 0 aliphatic rings. The van der Waals surface area contributed by atoms with Gasteiger partial charge in [-0.25, -0.2) is 0 Å². The molecule has 0 aliphatic carbocycles. The lowest BCUT2D eigenvalue weighted by atomic mass is 10.1. The van der Waals surface area contributed by atoms with Gasteiger partial charge in [0.1, 0.15) is 0 Å². The molecule has 0 saturated carbocycles. The molecule has 0 rings (SSSR count). The maximum atomic E-state index is 4.70. The first-order valence-electron chi connectivity index (χ1n) is 5.68. The van der Waals surface area contributed by atoms with E-state index in [1.54, 1.807) is 0 Å². The maximum absolute atomic E-state index is 4.70. The summed E-state index contributed by atoms with van der Waals surface area (Å²) in [6.07, 6.45) is 12.3. The van der Waals surface area contributed by atoms with Gasteiger partial charge < -0.3 is 4.18 Å². The molecule has 0 heterocycles. The van der Waals surface area contributed by atoms with Crippen LogP contribution in [0.25, 0.3) is 0 Å². The van der Waals surface area contributed by atoms with Gasteiger partial charge in [0, 0.05) is 0 Å². The van der Waals surface area contributed by atoms with Gasteiger partial charge in [-0.15, -0.1) is 0 Å². The normalized spacial score (nSPS) is 10.6. The molecule has 0 spiro atoms. The Kier molecular flexibility index (Phi) is 12.6. The molecule has 0 aliphatic heterocycles. The Bertz CT molecular complexity index is 76.2. The van der Waals surface area contributed by atoms with Crippen molar-refractivity contribution in [3.63, 3.8) is 0 Å². The van der Waals surface area contributed by atoms with E-state index in [4.69, 9.17) is 4.18 Å². The molecule has 13 heavy (non-hydrogen) atoms. The maximum Gasteiger partial charge on any atom is 0.0610 e. The van der Waals surface area contributed by atoms with Crippen molar-refractivity contribution in [3.8, 4) is 0 Å². The standard InChI is InChI=1S/C11H24OS/c1-2-3-4-5-6-7-8-9-10-11-12-13/h13H,2-11H2,1H3. The van der Waals surface area contributed by atoms with Crippen molar-refractivity contribution >= 4 is 12.9 Å². The average Bonchev–Trinajstić information content (AvgIpc) is 2.16. The summed E-state index contributed by atoms with van der Waals surface area (Å²) in [5, 5.41) is 0. The minimum absolute atomic E-state index is 0.805. The highest BCUT2D eigenvalue weighted by Crippen LogP contribution is 2.09. The van der Waals surface area contributed by atoms with Crippen LogP contribution < -0.4 is 0 Å². The molecule has 0 amide bonds. The van der Waals surface area contributed by atoms with Gasteiger partial charge in [-0.1, -0.05) is 58.3 Å². The quantitative estimate of drug-likeness (QED) is 0.316. The molecule has 0 bridgehead atoms. The zero-order valence-corrected chi connectivity index (χ0v) is 9.82. The van der Waals surface area contributed by atoms with E-state index < -0.39 is 0 Å². The molecule has 0 aromatic heterocycles. The van der Waals surface area contributed by atoms with E-state index in [0.717, 1.165) is 6.61 Å². The molecule has 1 nitrogen and oxygen atoms in total. The summed E-state index contributed by atoms with van der Waals surface area (Å²) in [5.41, 5.74) is 0. The van der Waals surface area contributed by atoms with Crippen LogP contribution in [0.2, 0.25) is 0 Å². The first kappa shape index (κ1) is 13.3. The lowest BCUT2D eigenvalue weighted by Crippen LogP contribution is -1.85. The fourth-order valence-corrected chi connectivity index (χ4v) is 1.61. The molecule has 2 heteroatoms. The van der Waals surface area contributed by atoms with Crippen molar-refractivity contribution in [2.24, 2.45) is 0 Å². The van der Waals surface area contributed by atoms with Crippen molar-refractivity contribution in [3.05, 3.63) is 0 Å². The molecule has 0 unspecified atom stereocenters. The molecule has 0 radical (unpaired) electrons. The Morgan fingerprint density at radius 2 is 1.23 bits per heavy atom. The zero-order valence-electron chi connectivity index (χ0n) is 8.93. The van der Waals surface area contributed by atoms with E-state index >= 15 is 0 Å². The van der Waals surface area contributed by atoms with E-state index in [1.807, 2.05) is 0 Å². The first-order valence-corrected chi connectivity index (χ1v) is 6.04. The van der Waals surface area contributed by atoms with Gasteiger partial charge in [0.2, 0.25) is 0 Å². The van der Waals surface area contributed by atoms with Crippen LogP contribution in [0.1, 0.15) is 64.7 Å². The topological polar surface area (TPSA) is 9.23 Å². The van der Waals surface area contributed by atoms with Gasteiger partial charge in [-0.3, -0.25) is 0 Å². The predicted molar refractivity (Wildman–Crippen MR) is 62.2 cm³/mol. The van der Waals surface area contributed by atoms with Crippen molar-refractivity contribution < 1.29 is 4.18 Å². The largest absolute Gasteiger partial charge is 0.319 e. The zero-order chi connectivity index (χ0) is 9.78. The summed E-state index contributed by atoms with van der Waals surface area (Å²) < 4.78 is 4.70. The van der Waals surface area contributed by atoms with Crippen molar-refractivity contribution in [1.82, 2.24) is 0 Å². The van der Waals surface area contributed by atoms with E-state index in [-0.39, 0.29) is 0 Å². The molecular formula is C11H24OS. The number of thiol groups is 1. The molecule has 0 aromatic rings. The summed E-state index contributed by atoms with van der Waals surface area (Å²) in [6.45, 7) is 3.07. The highest BCUT2D eigenvalue weighted by atomic mass is 32.1. The first-order chi connectivity index (χ1) is 6.41. The second kappa shape index (κ2) is 12.3. The highest BCUT2D eigenvalue weighted by Gasteiger charge is 1.91. The van der Waals surface area contributed by atoms with Gasteiger partial charge in [0.15, 0.2) is 0 Å². The monoisotopic (exact) mass is 204 g/mol. The molecule has 0 fully saturated rings. The third-order valence-corrected chi connectivity index (χ3v) is 2.52. The number of unbranched alkanes of at least 4 members (excludes halogenated alkanes) is 8. The fourth-order valence-electron chi connectivity index (χ4n) is 1.48. The van der Waals surface area contributed by atoms with Crippen LogP contribution in [0.3, 0.4) is 0 Å². The predicted octanol–water partition coefficient (Wildman–Crippen LogP) is 4.38. The third kappa shape index (κ3) is 12.3. The van der Waals surface area contributed by atoms with Gasteiger partial charge >= 0.3 is 0 Å². The van der Waals surface area contributed by atoms with Gasteiger partial charge in [-0.2, -0.15) is 0 Å². The minimum Gasteiger partial charge on any atom is -0.319 e. The van der Waals surface area contributed by atoms with E-state index in [1.165, 1.54) is 57.8 Å². The number of hydrogen-bond acceptors (Lipinski definition) is 2. The Morgan fingerprint density at radius 3 is 1.69 bits per heavy atom. The van der Waals surface area contributed by atoms with Crippen LogP contribution in [0.5, 0.6) is 0 Å². The van der Waals surface area contributed by atoms with Gasteiger partial charge in [0.05, 0.1) is 6.61 Å². The second-order valence-electron chi connectivity index (χ2n) is 3.66. The summed E-state index contributed by atoms with van der Waals surface area (Å²) >= 11 is 3.70. The van der Waals surface area contributed by atoms with Crippen LogP contribution in [-0.4, -0.2) is 6.61 Å². The van der Waals surface area contributed by atoms with E-state index in [0.29, 0.717) is 0 Å². The van der Waals surface area contributed by atoms with Crippen LogP contribution in [0.4, 0.5) is 0 Å². The summed E-state index contributed by atoms with van der Waals surface area (Å²) in [5.74, 6) is 0. The highest BCUT2D eigenvalue weighted by molar-refractivity contribution is 7.75. The Hall–Kier alpha value is 0.310. The molecule has 0 N–H and O–H groups in total. The smallest absolute Gasteiger partial charge is 0.0610 e. The van der Waals surface area contributed by atoms with E-state index in [2.05, 4.69) is 19.8 Å². The molecule has 0 saturated heterocycles. The molecule has 0 aromatic carbocycles. The molecule has 0 atom stereocenters. The Balaban J connectivity index is 2.76. The number of rotatable bonds is 10. The summed E-state index contributed by atoms with van der Waals surface area (Å²) in [6, 6.07) is 0. The van der Waals surface area contributed by atoms with Crippen LogP contribution >= 0.6 is 12.9 Å². The van der Waals surface area contributed by atoms with Crippen LogP contribution in [0.15, 0.2) is 0 Å². The van der Waals surface area contributed by atoms with Crippen molar-refractivity contribution in [1.29, 1.82) is 0 Å². The SMILES string of the molecule is CCCCCCCCCCCOS.